The lowest BCUT2D eigenvalue weighted by atomic mass is 10.0. The van der Waals surface area contributed by atoms with Crippen LogP contribution in [0.25, 0.3) is 0 Å². The molecular weight excluding hydrogens is 456 g/mol. The minimum Gasteiger partial charge on any atom is -0.480 e. The highest BCUT2D eigenvalue weighted by Crippen LogP contribution is 2.37. The van der Waals surface area contributed by atoms with E-state index in [0.717, 1.165) is 10.4 Å². The van der Waals surface area contributed by atoms with Gasteiger partial charge in [-0.3, -0.25) is 19.8 Å². The maximum atomic E-state index is 12.4. The smallest absolute Gasteiger partial charge is 0.344 e. The Labute approximate surface area is 191 Å². The number of rotatable bonds is 6. The fourth-order valence-electron chi connectivity index (χ4n) is 3.65. The van der Waals surface area contributed by atoms with Gasteiger partial charge in [0, 0.05) is 35.1 Å². The van der Waals surface area contributed by atoms with Crippen molar-refractivity contribution in [3.63, 3.8) is 0 Å². The Morgan fingerprint density at radius 3 is 2.56 bits per heavy atom. The van der Waals surface area contributed by atoms with Gasteiger partial charge in [0.2, 0.25) is 0 Å². The molecule has 2 heterocycles. The first-order chi connectivity index (χ1) is 15.3. The number of hydrogen-bond donors (Lipinski definition) is 1. The molecule has 8 nitrogen and oxygen atoms in total. The first-order valence-electron chi connectivity index (χ1n) is 9.63. The largest absolute Gasteiger partial charge is 0.480 e. The number of thiophene rings is 1. The Morgan fingerprint density at radius 1 is 1.19 bits per heavy atom. The van der Waals surface area contributed by atoms with Crippen molar-refractivity contribution in [3.8, 4) is 5.06 Å². The molecule has 0 saturated heterocycles. The van der Waals surface area contributed by atoms with Gasteiger partial charge in [-0.05, 0) is 41.8 Å². The summed E-state index contributed by atoms with van der Waals surface area (Å²) in [5.41, 5.74) is 1.52. The van der Waals surface area contributed by atoms with Crippen LogP contribution in [0.2, 0.25) is 5.02 Å². The Bertz CT molecular complexity index is 1190. The molecule has 0 radical (unpaired) electrons. The van der Waals surface area contributed by atoms with Crippen molar-refractivity contribution in [1.29, 1.82) is 0 Å². The number of carboxylic acid groups (broad SMARTS) is 1. The second kappa shape index (κ2) is 9.07. The zero-order valence-corrected chi connectivity index (χ0v) is 18.1. The quantitative estimate of drug-likeness (QED) is 0.314. The molecule has 3 aromatic rings. The molecule has 1 unspecified atom stereocenters. The van der Waals surface area contributed by atoms with Gasteiger partial charge in [-0.25, -0.2) is 4.79 Å². The van der Waals surface area contributed by atoms with Crippen LogP contribution in [0.4, 0.5) is 5.69 Å². The van der Waals surface area contributed by atoms with Crippen LogP contribution in [0.15, 0.2) is 54.6 Å². The average molecular weight is 473 g/mol. The van der Waals surface area contributed by atoms with Crippen molar-refractivity contribution in [2.24, 2.45) is 0 Å². The highest BCUT2D eigenvalue weighted by molar-refractivity contribution is 7.14. The number of nitro benzene ring substituents is 1. The normalized spacial score (nSPS) is 14.4. The number of halogens is 1. The zero-order valence-electron chi connectivity index (χ0n) is 16.6. The number of benzene rings is 2. The predicted octanol–water partition coefficient (Wildman–Crippen LogP) is 4.71. The van der Waals surface area contributed by atoms with Gasteiger partial charge in [0.25, 0.3) is 5.69 Å². The van der Waals surface area contributed by atoms with Gasteiger partial charge in [0.15, 0.2) is 5.06 Å². The van der Waals surface area contributed by atoms with Crippen LogP contribution in [-0.4, -0.2) is 33.4 Å². The van der Waals surface area contributed by atoms with E-state index < -0.39 is 22.9 Å². The van der Waals surface area contributed by atoms with E-state index in [2.05, 4.69) is 0 Å². The lowest BCUT2D eigenvalue weighted by Crippen LogP contribution is -2.37. The fraction of sp³-hybridized carbons (Fsp3) is 0.182. The molecular formula is C22H17ClN2O6S. The van der Waals surface area contributed by atoms with Crippen LogP contribution < -0.4 is 4.74 Å². The maximum Gasteiger partial charge on any atom is 0.344 e. The molecule has 32 heavy (non-hydrogen) atoms. The summed E-state index contributed by atoms with van der Waals surface area (Å²) < 4.78 is 5.45. The molecule has 1 atom stereocenters. The number of fused-ring (bicyclic) bond motifs is 1. The van der Waals surface area contributed by atoms with E-state index in [1.54, 1.807) is 30.3 Å². The second-order valence-electron chi connectivity index (χ2n) is 7.19. The summed E-state index contributed by atoms with van der Waals surface area (Å²) in [6, 6.07) is 12.9. The number of ether oxygens (including phenoxy) is 1. The van der Waals surface area contributed by atoms with Gasteiger partial charge in [-0.2, -0.15) is 0 Å². The third-order valence-corrected chi connectivity index (χ3v) is 6.64. The number of hydrogen-bond acceptors (Lipinski definition) is 7. The van der Waals surface area contributed by atoms with E-state index in [1.807, 2.05) is 4.90 Å². The topological polar surface area (TPSA) is 110 Å². The molecule has 0 fully saturated rings. The zero-order chi connectivity index (χ0) is 22.8. The number of carbonyl (C=O) groups is 2. The Hall–Kier alpha value is -3.27. The summed E-state index contributed by atoms with van der Waals surface area (Å²) in [4.78, 5) is 37.5. The maximum absolute atomic E-state index is 12.4. The van der Waals surface area contributed by atoms with Crippen LogP contribution in [0.1, 0.15) is 32.4 Å². The number of carbonyl (C=O) groups excluding carboxylic acids is 1. The summed E-state index contributed by atoms with van der Waals surface area (Å²) in [6.07, 6.45) is 0.614. The van der Waals surface area contributed by atoms with E-state index >= 15 is 0 Å². The van der Waals surface area contributed by atoms with Crippen LogP contribution in [-0.2, 0) is 17.8 Å². The van der Waals surface area contributed by atoms with Crippen LogP contribution in [0, 0.1) is 10.1 Å². The van der Waals surface area contributed by atoms with Crippen molar-refractivity contribution in [2.45, 2.75) is 19.0 Å². The summed E-state index contributed by atoms with van der Waals surface area (Å²) in [5.74, 6) is -1.60. The van der Waals surface area contributed by atoms with Gasteiger partial charge in [0.1, 0.15) is 6.04 Å². The third-order valence-electron chi connectivity index (χ3n) is 5.18. The SMILES string of the molecule is O=C(Oc1cc2c(s1)CCN(C(C(=O)O)c1ccccc1Cl)C2)c1ccc([N+](=O)[O-])cc1. The number of aliphatic carboxylic acids is 1. The molecule has 0 bridgehead atoms. The van der Waals surface area contributed by atoms with Gasteiger partial charge < -0.3 is 9.84 Å². The van der Waals surface area contributed by atoms with Gasteiger partial charge >= 0.3 is 11.9 Å². The Balaban J connectivity index is 1.50. The second-order valence-corrected chi connectivity index (χ2v) is 8.70. The molecule has 164 valence electrons. The predicted molar refractivity (Wildman–Crippen MR) is 118 cm³/mol. The molecule has 0 saturated carbocycles. The van der Waals surface area contributed by atoms with Crippen molar-refractivity contribution < 1.29 is 24.4 Å². The standard InChI is InChI=1S/C22H17ClN2O6S/c23-17-4-2-1-3-16(17)20(21(26)27)24-10-9-18-14(12-24)11-19(32-18)31-22(28)13-5-7-15(8-6-13)25(29)30/h1-8,11,20H,9-10,12H2,(H,26,27). The first-order valence-corrected chi connectivity index (χ1v) is 10.8. The van der Waals surface area contributed by atoms with Gasteiger partial charge in [-0.1, -0.05) is 29.8 Å². The lowest BCUT2D eigenvalue weighted by molar-refractivity contribution is -0.384. The lowest BCUT2D eigenvalue weighted by Gasteiger charge is -2.32. The molecule has 1 N–H and O–H groups in total. The molecule has 1 aliphatic rings. The number of esters is 1. The average Bonchev–Trinajstić information content (AvgIpc) is 3.16. The van der Waals surface area contributed by atoms with Crippen molar-refractivity contribution in [1.82, 2.24) is 4.90 Å². The third kappa shape index (κ3) is 4.50. The summed E-state index contributed by atoms with van der Waals surface area (Å²) in [6.45, 7) is 0.897. The number of nitrogens with zero attached hydrogens (tertiary/aromatic N) is 2. The van der Waals surface area contributed by atoms with E-state index in [1.165, 1.54) is 35.6 Å². The summed E-state index contributed by atoms with van der Waals surface area (Å²) in [7, 11) is 0. The molecule has 2 aromatic carbocycles. The molecule has 0 amide bonds. The summed E-state index contributed by atoms with van der Waals surface area (Å²) >= 11 is 7.58. The van der Waals surface area contributed by atoms with Crippen molar-refractivity contribution in [2.75, 3.05) is 6.54 Å². The molecule has 4 rings (SSSR count). The number of non-ortho nitro benzene ring substituents is 1. The Kier molecular flexibility index (Phi) is 6.22. The molecule has 10 heteroatoms. The number of carboxylic acids is 1. The van der Waals surface area contributed by atoms with Crippen LogP contribution in [0.5, 0.6) is 5.06 Å². The van der Waals surface area contributed by atoms with Crippen LogP contribution in [0.3, 0.4) is 0 Å². The molecule has 0 aliphatic carbocycles. The van der Waals surface area contributed by atoms with E-state index in [-0.39, 0.29) is 11.3 Å². The van der Waals surface area contributed by atoms with E-state index in [9.17, 15) is 24.8 Å². The number of nitro groups is 1. The van der Waals surface area contributed by atoms with Crippen LogP contribution >= 0.6 is 22.9 Å². The molecule has 0 spiro atoms. The minimum atomic E-state index is -0.985. The van der Waals surface area contributed by atoms with Crippen molar-refractivity contribution in [3.05, 3.63) is 91.3 Å². The van der Waals surface area contributed by atoms with Gasteiger partial charge in [0.05, 0.1) is 10.5 Å². The minimum absolute atomic E-state index is 0.111. The molecule has 1 aromatic heterocycles. The van der Waals surface area contributed by atoms with E-state index in [4.69, 9.17) is 16.3 Å². The highest BCUT2D eigenvalue weighted by atomic mass is 35.5. The first kappa shape index (κ1) is 21.9. The Morgan fingerprint density at radius 2 is 1.91 bits per heavy atom. The highest BCUT2D eigenvalue weighted by Gasteiger charge is 2.32. The molecule has 1 aliphatic heterocycles. The monoisotopic (exact) mass is 472 g/mol. The van der Waals surface area contributed by atoms with Crippen molar-refractivity contribution >= 4 is 40.6 Å². The van der Waals surface area contributed by atoms with E-state index in [0.29, 0.717) is 35.2 Å². The van der Waals surface area contributed by atoms with Gasteiger partial charge in [-0.15, -0.1) is 11.3 Å². The fourth-order valence-corrected chi connectivity index (χ4v) is 4.90. The summed E-state index contributed by atoms with van der Waals surface area (Å²) in [5, 5.41) is 21.4.